The highest BCUT2D eigenvalue weighted by Crippen LogP contribution is 2.45. The number of rotatable bonds is 9. The van der Waals surface area contributed by atoms with E-state index in [1.807, 2.05) is 6.08 Å². The van der Waals surface area contributed by atoms with Gasteiger partial charge in [0.1, 0.15) is 0 Å². The number of benzene rings is 1. The minimum absolute atomic E-state index is 0.225. The molecule has 3 rings (SSSR count). The normalized spacial score (nSPS) is 15.5. The van der Waals surface area contributed by atoms with E-state index in [0.717, 1.165) is 25.8 Å². The molecular weight excluding hydrogens is 314 g/mol. The summed E-state index contributed by atoms with van der Waals surface area (Å²) in [4.78, 5) is 24.8. The first-order valence-electron chi connectivity index (χ1n) is 8.95. The van der Waals surface area contributed by atoms with Gasteiger partial charge in [0.25, 0.3) is 5.56 Å². The van der Waals surface area contributed by atoms with Crippen LogP contribution < -0.4 is 16.6 Å². The van der Waals surface area contributed by atoms with Gasteiger partial charge >= 0.3 is 5.69 Å². The van der Waals surface area contributed by atoms with Crippen LogP contribution in [0.15, 0.2) is 64.3 Å². The molecule has 0 bridgehead atoms. The Bertz CT molecular complexity index is 817. The summed E-state index contributed by atoms with van der Waals surface area (Å²) < 4.78 is 1.48. The van der Waals surface area contributed by atoms with E-state index in [1.165, 1.54) is 35.2 Å². The van der Waals surface area contributed by atoms with E-state index < -0.39 is 0 Å². The lowest BCUT2D eigenvalue weighted by Crippen LogP contribution is -2.29. The quantitative estimate of drug-likeness (QED) is 0.545. The van der Waals surface area contributed by atoms with Crippen LogP contribution in [0.4, 0.5) is 0 Å². The molecule has 1 aliphatic rings. The Morgan fingerprint density at radius 1 is 1.08 bits per heavy atom. The number of nitrogens with zero attached hydrogens (tertiary/aromatic N) is 1. The Kier molecular flexibility index (Phi) is 5.66. The van der Waals surface area contributed by atoms with Gasteiger partial charge in [0, 0.05) is 24.3 Å². The SMILES string of the molecule is O=c1ccn(C/C=C\CCCCNC2(c3ccccc3)CC2)c(=O)[nH]1. The van der Waals surface area contributed by atoms with Crippen LogP contribution in [0.3, 0.4) is 0 Å². The molecular formula is C20H25N3O2. The summed E-state index contributed by atoms with van der Waals surface area (Å²) in [7, 11) is 0. The Morgan fingerprint density at radius 3 is 2.60 bits per heavy atom. The summed E-state index contributed by atoms with van der Waals surface area (Å²) in [6, 6.07) is 12.1. The Labute approximate surface area is 147 Å². The molecule has 1 saturated carbocycles. The maximum absolute atomic E-state index is 11.5. The first kappa shape index (κ1) is 17.4. The summed E-state index contributed by atoms with van der Waals surface area (Å²) in [5.41, 5.74) is 0.905. The number of hydrogen-bond acceptors (Lipinski definition) is 3. The molecule has 0 aliphatic heterocycles. The lowest BCUT2D eigenvalue weighted by Gasteiger charge is -2.17. The number of allylic oxidation sites excluding steroid dienone is 2. The van der Waals surface area contributed by atoms with E-state index in [0.29, 0.717) is 6.54 Å². The predicted molar refractivity (Wildman–Crippen MR) is 99.7 cm³/mol. The zero-order chi connectivity index (χ0) is 17.5. The maximum atomic E-state index is 11.5. The fraction of sp³-hybridized carbons (Fsp3) is 0.400. The van der Waals surface area contributed by atoms with Gasteiger partial charge in [-0.15, -0.1) is 0 Å². The van der Waals surface area contributed by atoms with Crippen molar-refractivity contribution in [1.82, 2.24) is 14.9 Å². The van der Waals surface area contributed by atoms with Crippen molar-refractivity contribution in [3.63, 3.8) is 0 Å². The van der Waals surface area contributed by atoms with Crippen molar-refractivity contribution < 1.29 is 0 Å². The lowest BCUT2D eigenvalue weighted by molar-refractivity contribution is 0.502. The number of aromatic nitrogens is 2. The first-order valence-corrected chi connectivity index (χ1v) is 8.95. The molecule has 1 aromatic carbocycles. The largest absolute Gasteiger partial charge is 0.328 e. The van der Waals surface area contributed by atoms with Crippen molar-refractivity contribution in [3.05, 3.63) is 81.1 Å². The Morgan fingerprint density at radius 2 is 1.88 bits per heavy atom. The molecule has 1 heterocycles. The smallest absolute Gasteiger partial charge is 0.307 e. The Hall–Kier alpha value is -2.40. The van der Waals surface area contributed by atoms with Crippen LogP contribution in [0.1, 0.15) is 37.7 Å². The van der Waals surface area contributed by atoms with Gasteiger partial charge in [-0.1, -0.05) is 42.5 Å². The minimum atomic E-state index is -0.364. The van der Waals surface area contributed by atoms with E-state index in [2.05, 4.69) is 46.7 Å². The zero-order valence-electron chi connectivity index (χ0n) is 14.4. The van der Waals surface area contributed by atoms with Crippen molar-refractivity contribution in [2.45, 2.75) is 44.2 Å². The summed E-state index contributed by atoms with van der Waals surface area (Å²) in [5, 5.41) is 3.71. The van der Waals surface area contributed by atoms with Crippen molar-refractivity contribution >= 4 is 0 Å². The van der Waals surface area contributed by atoms with Crippen LogP contribution in [-0.2, 0) is 12.1 Å². The van der Waals surface area contributed by atoms with Crippen LogP contribution in [0.25, 0.3) is 0 Å². The lowest BCUT2D eigenvalue weighted by atomic mass is 10.0. The van der Waals surface area contributed by atoms with Crippen LogP contribution in [0, 0.1) is 0 Å². The van der Waals surface area contributed by atoms with Crippen molar-refractivity contribution in [1.29, 1.82) is 0 Å². The molecule has 0 amide bonds. The average Bonchev–Trinajstić information content (AvgIpc) is 3.41. The molecule has 0 atom stereocenters. The van der Waals surface area contributed by atoms with E-state index in [4.69, 9.17) is 0 Å². The molecule has 5 nitrogen and oxygen atoms in total. The third-order valence-electron chi connectivity index (χ3n) is 4.70. The number of hydrogen-bond donors (Lipinski definition) is 2. The number of unbranched alkanes of at least 4 members (excludes halogenated alkanes) is 2. The molecule has 0 saturated heterocycles. The average molecular weight is 339 g/mol. The highest BCUT2D eigenvalue weighted by molar-refractivity contribution is 5.29. The molecule has 0 radical (unpaired) electrons. The number of H-pyrrole nitrogens is 1. The third-order valence-corrected chi connectivity index (χ3v) is 4.70. The van der Waals surface area contributed by atoms with Crippen molar-refractivity contribution in [2.75, 3.05) is 6.54 Å². The standard InChI is InChI=1S/C20H25N3O2/c24-18-11-16-23(19(25)22-18)15-8-3-1-2-7-14-21-20(12-13-20)17-9-5-4-6-10-17/h3-6,8-11,16,21H,1-2,7,12-15H2,(H,22,24,25)/b8-3-. The highest BCUT2D eigenvalue weighted by atomic mass is 16.2. The van der Waals surface area contributed by atoms with Crippen LogP contribution in [0.2, 0.25) is 0 Å². The van der Waals surface area contributed by atoms with E-state index in [-0.39, 0.29) is 16.8 Å². The topological polar surface area (TPSA) is 66.9 Å². The second kappa shape index (κ2) is 8.12. The molecule has 2 aromatic rings. The van der Waals surface area contributed by atoms with E-state index in [9.17, 15) is 9.59 Å². The second-order valence-electron chi connectivity index (χ2n) is 6.60. The van der Waals surface area contributed by atoms with Crippen LogP contribution in [0.5, 0.6) is 0 Å². The second-order valence-corrected chi connectivity index (χ2v) is 6.60. The van der Waals surface area contributed by atoms with Gasteiger partial charge in [0.05, 0.1) is 0 Å². The molecule has 5 heteroatoms. The van der Waals surface area contributed by atoms with Gasteiger partial charge in [-0.25, -0.2) is 4.79 Å². The fourth-order valence-corrected chi connectivity index (χ4v) is 3.06. The van der Waals surface area contributed by atoms with Gasteiger partial charge in [-0.3, -0.25) is 14.3 Å². The van der Waals surface area contributed by atoms with Gasteiger partial charge in [-0.05, 0) is 44.2 Å². The van der Waals surface area contributed by atoms with Gasteiger partial charge in [0.15, 0.2) is 0 Å². The monoisotopic (exact) mass is 339 g/mol. The summed E-state index contributed by atoms with van der Waals surface area (Å²) >= 11 is 0. The molecule has 1 aliphatic carbocycles. The fourth-order valence-electron chi connectivity index (χ4n) is 3.06. The predicted octanol–water partition coefficient (Wildman–Crippen LogP) is 2.54. The summed E-state index contributed by atoms with van der Waals surface area (Å²) in [6.45, 7) is 1.52. The van der Waals surface area contributed by atoms with E-state index >= 15 is 0 Å². The van der Waals surface area contributed by atoms with Gasteiger partial charge in [-0.2, -0.15) is 0 Å². The molecule has 1 fully saturated rings. The molecule has 2 N–H and O–H groups in total. The molecule has 1 aromatic heterocycles. The van der Waals surface area contributed by atoms with Gasteiger partial charge < -0.3 is 5.32 Å². The highest BCUT2D eigenvalue weighted by Gasteiger charge is 2.43. The molecule has 132 valence electrons. The van der Waals surface area contributed by atoms with Crippen LogP contribution >= 0.6 is 0 Å². The third kappa shape index (κ3) is 4.79. The number of aromatic amines is 1. The van der Waals surface area contributed by atoms with Gasteiger partial charge in [0.2, 0.25) is 0 Å². The van der Waals surface area contributed by atoms with Crippen LogP contribution in [-0.4, -0.2) is 16.1 Å². The van der Waals surface area contributed by atoms with E-state index in [1.54, 1.807) is 0 Å². The summed E-state index contributed by atoms with van der Waals surface area (Å²) in [5.74, 6) is 0. The molecule has 25 heavy (non-hydrogen) atoms. The summed E-state index contributed by atoms with van der Waals surface area (Å²) in [6.07, 6.45) is 11.3. The molecule has 0 spiro atoms. The van der Waals surface area contributed by atoms with Crippen molar-refractivity contribution in [2.24, 2.45) is 0 Å². The minimum Gasteiger partial charge on any atom is -0.307 e. The molecule has 0 unspecified atom stereocenters. The Balaban J connectivity index is 1.33. The number of nitrogens with one attached hydrogen (secondary N) is 2. The zero-order valence-corrected chi connectivity index (χ0v) is 14.4. The van der Waals surface area contributed by atoms with Crippen molar-refractivity contribution in [3.8, 4) is 0 Å². The first-order chi connectivity index (χ1) is 12.2. The maximum Gasteiger partial charge on any atom is 0.328 e.